The molecule has 1 aromatic carbocycles. The van der Waals surface area contributed by atoms with Crippen molar-refractivity contribution in [1.29, 1.82) is 0 Å². The van der Waals surface area contributed by atoms with Crippen molar-refractivity contribution in [3.8, 4) is 0 Å². The molecule has 126 valence electrons. The number of hydrogen-bond acceptors (Lipinski definition) is 2. The number of rotatable bonds is 6. The number of fused-ring (bicyclic) bond motifs is 1. The van der Waals surface area contributed by atoms with E-state index in [0.29, 0.717) is 6.54 Å². The normalized spacial score (nSPS) is 11.9. The molecule has 0 atom stereocenters. The molecule has 0 aliphatic carbocycles. The molecule has 0 aliphatic rings. The number of amides is 1. The number of H-pyrrole nitrogens is 1. The number of carbonyl (C=O) groups is 1. The number of nitrogens with one attached hydrogen (secondary N) is 1. The van der Waals surface area contributed by atoms with E-state index in [4.69, 9.17) is 5.73 Å². The summed E-state index contributed by atoms with van der Waals surface area (Å²) in [4.78, 5) is 18.1. The minimum absolute atomic E-state index is 0.157. The Labute approximate surface area is 146 Å². The third-order valence-corrected chi connectivity index (χ3v) is 5.17. The molecule has 4 nitrogen and oxygen atoms in total. The maximum absolute atomic E-state index is 12.9. The largest absolute Gasteiger partial charge is 0.360 e. The van der Waals surface area contributed by atoms with Gasteiger partial charge >= 0.3 is 0 Å². The van der Waals surface area contributed by atoms with Gasteiger partial charge in [0.05, 0.1) is 10.9 Å². The van der Waals surface area contributed by atoms with E-state index < -0.39 is 5.41 Å². The number of nitrogens with zero attached hydrogens (tertiary/aromatic N) is 1. The van der Waals surface area contributed by atoms with Crippen LogP contribution in [-0.4, -0.2) is 35.4 Å². The number of benzene rings is 1. The van der Waals surface area contributed by atoms with Gasteiger partial charge in [-0.1, -0.05) is 0 Å². The van der Waals surface area contributed by atoms with Gasteiger partial charge in [0.15, 0.2) is 0 Å². The average molecular weight is 380 g/mol. The van der Waals surface area contributed by atoms with Crippen molar-refractivity contribution in [2.24, 2.45) is 5.73 Å². The van der Waals surface area contributed by atoms with Crippen LogP contribution >= 0.6 is 15.9 Å². The van der Waals surface area contributed by atoms with Crippen LogP contribution in [0.2, 0.25) is 0 Å². The SMILES string of the molecule is CCN(CC)C(=O)C(C)(C)c1cc(Br)c2[nH]cc(CCN)c2c1. The van der Waals surface area contributed by atoms with Crippen LogP contribution < -0.4 is 5.73 Å². The van der Waals surface area contributed by atoms with Crippen molar-refractivity contribution >= 4 is 32.7 Å². The standard InChI is InChI=1S/C18H26BrN3O/c1-5-22(6-2)17(23)18(3,4)13-9-14-12(7-8-20)11-21-16(14)15(19)10-13/h9-11,21H,5-8,20H2,1-4H3. The van der Waals surface area contributed by atoms with Crippen molar-refractivity contribution in [3.05, 3.63) is 33.9 Å². The number of halogens is 1. The van der Waals surface area contributed by atoms with Crippen molar-refractivity contribution in [1.82, 2.24) is 9.88 Å². The van der Waals surface area contributed by atoms with E-state index in [-0.39, 0.29) is 5.91 Å². The van der Waals surface area contributed by atoms with E-state index in [0.717, 1.165) is 40.4 Å². The zero-order valence-corrected chi connectivity index (χ0v) is 16.0. The fraction of sp³-hybridized carbons (Fsp3) is 0.500. The van der Waals surface area contributed by atoms with Crippen LogP contribution in [0, 0.1) is 0 Å². The Bertz CT molecular complexity index is 702. The smallest absolute Gasteiger partial charge is 0.232 e. The van der Waals surface area contributed by atoms with E-state index in [2.05, 4.69) is 27.0 Å². The molecule has 0 fully saturated rings. The van der Waals surface area contributed by atoms with Gasteiger partial charge in [0.1, 0.15) is 0 Å². The number of hydrogen-bond donors (Lipinski definition) is 2. The molecular formula is C18H26BrN3O. The van der Waals surface area contributed by atoms with Crippen LogP contribution in [0.15, 0.2) is 22.8 Å². The van der Waals surface area contributed by atoms with Gasteiger partial charge in [-0.2, -0.15) is 0 Å². The maximum Gasteiger partial charge on any atom is 0.232 e. The highest BCUT2D eigenvalue weighted by molar-refractivity contribution is 9.10. The number of aromatic nitrogens is 1. The summed E-state index contributed by atoms with van der Waals surface area (Å²) in [6.07, 6.45) is 2.82. The molecule has 2 aromatic rings. The molecule has 2 rings (SSSR count). The lowest BCUT2D eigenvalue weighted by molar-refractivity contribution is -0.135. The lowest BCUT2D eigenvalue weighted by Crippen LogP contribution is -2.43. The van der Waals surface area contributed by atoms with Crippen LogP contribution in [-0.2, 0) is 16.6 Å². The molecule has 0 bridgehead atoms. The second-order valence-electron chi connectivity index (χ2n) is 6.34. The minimum Gasteiger partial charge on any atom is -0.360 e. The molecule has 0 aliphatic heterocycles. The van der Waals surface area contributed by atoms with E-state index in [1.807, 2.05) is 44.9 Å². The monoisotopic (exact) mass is 379 g/mol. The third-order valence-electron chi connectivity index (χ3n) is 4.55. The van der Waals surface area contributed by atoms with Gasteiger partial charge in [0, 0.05) is 29.1 Å². The first-order valence-corrected chi connectivity index (χ1v) is 8.95. The third kappa shape index (κ3) is 3.31. The van der Waals surface area contributed by atoms with Crippen molar-refractivity contribution in [2.45, 2.75) is 39.5 Å². The highest BCUT2D eigenvalue weighted by Gasteiger charge is 2.33. The molecule has 1 aromatic heterocycles. The van der Waals surface area contributed by atoms with Crippen molar-refractivity contribution in [3.63, 3.8) is 0 Å². The first kappa shape index (κ1) is 18.0. The van der Waals surface area contributed by atoms with Crippen LogP contribution in [0.1, 0.15) is 38.8 Å². The molecule has 0 unspecified atom stereocenters. The molecule has 0 saturated heterocycles. The van der Waals surface area contributed by atoms with Crippen LogP contribution in [0.4, 0.5) is 0 Å². The van der Waals surface area contributed by atoms with Crippen molar-refractivity contribution < 1.29 is 4.79 Å². The van der Waals surface area contributed by atoms with Crippen LogP contribution in [0.5, 0.6) is 0 Å². The molecule has 1 amide bonds. The van der Waals surface area contributed by atoms with Crippen LogP contribution in [0.25, 0.3) is 10.9 Å². The summed E-state index contributed by atoms with van der Waals surface area (Å²) in [7, 11) is 0. The minimum atomic E-state index is -0.569. The predicted octanol–water partition coefficient (Wildman–Crippen LogP) is 3.58. The maximum atomic E-state index is 12.9. The van der Waals surface area contributed by atoms with E-state index in [9.17, 15) is 4.79 Å². The Morgan fingerprint density at radius 2 is 1.96 bits per heavy atom. The lowest BCUT2D eigenvalue weighted by atomic mass is 9.82. The van der Waals surface area contributed by atoms with Gasteiger partial charge in [0.25, 0.3) is 0 Å². The average Bonchev–Trinajstić information content (AvgIpc) is 2.92. The molecule has 23 heavy (non-hydrogen) atoms. The second-order valence-corrected chi connectivity index (χ2v) is 7.19. The Morgan fingerprint density at radius 1 is 1.30 bits per heavy atom. The summed E-state index contributed by atoms with van der Waals surface area (Å²) in [6.45, 7) is 10.1. The lowest BCUT2D eigenvalue weighted by Gasteiger charge is -2.31. The molecular weight excluding hydrogens is 354 g/mol. The fourth-order valence-corrected chi connectivity index (χ4v) is 3.57. The highest BCUT2D eigenvalue weighted by atomic mass is 79.9. The number of likely N-dealkylation sites (N-methyl/N-ethyl adjacent to an activating group) is 1. The van der Waals surface area contributed by atoms with E-state index >= 15 is 0 Å². The number of aromatic amines is 1. The summed E-state index contributed by atoms with van der Waals surface area (Å²) < 4.78 is 0.980. The Kier molecular flexibility index (Phi) is 5.53. The fourth-order valence-electron chi connectivity index (χ4n) is 3.00. The second kappa shape index (κ2) is 7.05. The molecule has 1 heterocycles. The summed E-state index contributed by atoms with van der Waals surface area (Å²) in [5.41, 5.74) is 8.41. The topological polar surface area (TPSA) is 62.1 Å². The van der Waals surface area contributed by atoms with Gasteiger partial charge in [-0.05, 0) is 79.9 Å². The molecule has 0 saturated carbocycles. The number of nitrogens with two attached hydrogens (primary N) is 1. The molecule has 5 heteroatoms. The first-order chi connectivity index (χ1) is 10.9. The molecule has 3 N–H and O–H groups in total. The van der Waals surface area contributed by atoms with E-state index in [1.165, 1.54) is 5.56 Å². The predicted molar refractivity (Wildman–Crippen MR) is 99.7 cm³/mol. The van der Waals surface area contributed by atoms with Gasteiger partial charge in [0.2, 0.25) is 5.91 Å². The quantitative estimate of drug-likeness (QED) is 0.805. The van der Waals surface area contributed by atoms with Gasteiger partial charge in [-0.15, -0.1) is 0 Å². The Morgan fingerprint density at radius 3 is 2.52 bits per heavy atom. The Balaban J connectivity index is 2.53. The molecule has 0 radical (unpaired) electrons. The van der Waals surface area contributed by atoms with Crippen molar-refractivity contribution in [2.75, 3.05) is 19.6 Å². The van der Waals surface area contributed by atoms with Gasteiger partial charge < -0.3 is 15.6 Å². The zero-order chi connectivity index (χ0) is 17.2. The first-order valence-electron chi connectivity index (χ1n) is 8.16. The zero-order valence-electron chi connectivity index (χ0n) is 14.4. The van der Waals surface area contributed by atoms with Crippen LogP contribution in [0.3, 0.4) is 0 Å². The summed E-state index contributed by atoms with van der Waals surface area (Å²) in [6, 6.07) is 4.18. The summed E-state index contributed by atoms with van der Waals surface area (Å²) in [5, 5.41) is 1.14. The highest BCUT2D eigenvalue weighted by Crippen LogP contribution is 2.34. The van der Waals surface area contributed by atoms with E-state index in [1.54, 1.807) is 0 Å². The number of carbonyl (C=O) groups excluding carboxylic acids is 1. The summed E-state index contributed by atoms with van der Waals surface area (Å²) >= 11 is 3.64. The molecule has 0 spiro atoms. The van der Waals surface area contributed by atoms with Gasteiger partial charge in [-0.25, -0.2) is 0 Å². The van der Waals surface area contributed by atoms with Gasteiger partial charge in [-0.3, -0.25) is 4.79 Å². The Hall–Kier alpha value is -1.33. The summed E-state index contributed by atoms with van der Waals surface area (Å²) in [5.74, 6) is 0.157.